The standard InChI is InChI=1S/C13H17BrF3NS/c1-8-11(14)6-9(19-8)7-18-12-5-3-2-4-10(12)13(15,16)17/h6,10,12,18H,2-5,7H2,1H3. The molecule has 2 rings (SSSR count). The van der Waals surface area contributed by atoms with Crippen LogP contribution in [0.3, 0.4) is 0 Å². The van der Waals surface area contributed by atoms with E-state index in [1.54, 1.807) is 11.3 Å². The zero-order valence-electron chi connectivity index (χ0n) is 10.7. The van der Waals surface area contributed by atoms with E-state index in [4.69, 9.17) is 0 Å². The Morgan fingerprint density at radius 3 is 2.63 bits per heavy atom. The van der Waals surface area contributed by atoms with Crippen molar-refractivity contribution in [2.24, 2.45) is 5.92 Å². The summed E-state index contributed by atoms with van der Waals surface area (Å²) >= 11 is 5.05. The molecule has 19 heavy (non-hydrogen) atoms. The van der Waals surface area contributed by atoms with Crippen molar-refractivity contribution in [3.8, 4) is 0 Å². The molecule has 2 unspecified atom stereocenters. The first-order chi connectivity index (χ1) is 8.88. The fraction of sp³-hybridized carbons (Fsp3) is 0.692. The molecule has 1 aliphatic carbocycles. The third-order valence-corrected chi connectivity index (χ3v) is 5.77. The highest BCUT2D eigenvalue weighted by atomic mass is 79.9. The Kier molecular flexibility index (Phi) is 4.95. The maximum Gasteiger partial charge on any atom is 0.393 e. The molecule has 0 spiro atoms. The van der Waals surface area contributed by atoms with Crippen LogP contribution in [0.5, 0.6) is 0 Å². The van der Waals surface area contributed by atoms with Gasteiger partial charge in [-0.3, -0.25) is 0 Å². The van der Waals surface area contributed by atoms with Crippen molar-refractivity contribution in [2.45, 2.75) is 51.4 Å². The second-order valence-corrected chi connectivity index (χ2v) is 7.23. The zero-order valence-corrected chi connectivity index (χ0v) is 13.1. The Hall–Kier alpha value is -0.0700. The Labute approximate surface area is 123 Å². The van der Waals surface area contributed by atoms with Crippen molar-refractivity contribution >= 4 is 27.3 Å². The summed E-state index contributed by atoms with van der Waals surface area (Å²) in [6, 6.07) is 1.55. The van der Waals surface area contributed by atoms with E-state index in [9.17, 15) is 13.2 Å². The van der Waals surface area contributed by atoms with Crippen LogP contribution in [0.4, 0.5) is 13.2 Å². The average molecular weight is 356 g/mol. The molecular formula is C13H17BrF3NS. The lowest BCUT2D eigenvalue weighted by Crippen LogP contribution is -2.45. The molecule has 1 N–H and O–H groups in total. The van der Waals surface area contributed by atoms with Crippen LogP contribution >= 0.6 is 27.3 Å². The summed E-state index contributed by atoms with van der Waals surface area (Å²) in [4.78, 5) is 2.24. The van der Waals surface area contributed by atoms with E-state index in [2.05, 4.69) is 21.2 Å². The number of alkyl halides is 3. The third kappa shape index (κ3) is 3.95. The first-order valence-electron chi connectivity index (χ1n) is 6.43. The van der Waals surface area contributed by atoms with Crippen molar-refractivity contribution in [2.75, 3.05) is 0 Å². The minimum absolute atomic E-state index is 0.258. The number of halogens is 4. The lowest BCUT2D eigenvalue weighted by Gasteiger charge is -2.33. The van der Waals surface area contributed by atoms with Crippen molar-refractivity contribution in [1.82, 2.24) is 5.32 Å². The maximum absolute atomic E-state index is 12.9. The zero-order chi connectivity index (χ0) is 14.0. The third-order valence-electron chi connectivity index (χ3n) is 3.63. The van der Waals surface area contributed by atoms with Crippen LogP contribution in [0.25, 0.3) is 0 Å². The Bertz CT molecular complexity index is 411. The number of hydrogen-bond acceptors (Lipinski definition) is 2. The Morgan fingerprint density at radius 1 is 1.37 bits per heavy atom. The van der Waals surface area contributed by atoms with Crippen molar-refractivity contribution < 1.29 is 13.2 Å². The largest absolute Gasteiger partial charge is 0.393 e. The molecule has 1 aromatic rings. The number of nitrogens with one attached hydrogen (secondary N) is 1. The maximum atomic E-state index is 12.9. The monoisotopic (exact) mass is 355 g/mol. The summed E-state index contributed by atoms with van der Waals surface area (Å²) < 4.78 is 39.9. The molecule has 0 radical (unpaired) electrons. The van der Waals surface area contributed by atoms with Crippen LogP contribution in [0.1, 0.15) is 35.4 Å². The Morgan fingerprint density at radius 2 is 2.05 bits per heavy atom. The van der Waals surface area contributed by atoms with Gasteiger partial charge >= 0.3 is 6.18 Å². The van der Waals surface area contributed by atoms with Gasteiger partial charge < -0.3 is 5.32 Å². The summed E-state index contributed by atoms with van der Waals surface area (Å²) in [5, 5.41) is 3.10. The van der Waals surface area contributed by atoms with Gasteiger partial charge in [-0.05, 0) is 41.8 Å². The fourth-order valence-corrected chi connectivity index (χ4v) is 4.16. The second-order valence-electron chi connectivity index (χ2n) is 5.04. The molecule has 1 saturated carbocycles. The number of rotatable bonds is 3. The molecule has 0 aliphatic heterocycles. The van der Waals surface area contributed by atoms with Crippen molar-refractivity contribution in [3.63, 3.8) is 0 Å². The highest BCUT2D eigenvalue weighted by Crippen LogP contribution is 2.38. The van der Waals surface area contributed by atoms with Gasteiger partial charge in [0.05, 0.1) is 5.92 Å². The first-order valence-corrected chi connectivity index (χ1v) is 8.04. The SMILES string of the molecule is Cc1sc(CNC2CCCCC2C(F)(F)F)cc1Br. The lowest BCUT2D eigenvalue weighted by atomic mass is 9.84. The van der Waals surface area contributed by atoms with Crippen LogP contribution in [0, 0.1) is 12.8 Å². The molecule has 0 bridgehead atoms. The lowest BCUT2D eigenvalue weighted by molar-refractivity contribution is -0.189. The van der Waals surface area contributed by atoms with Gasteiger partial charge in [0.2, 0.25) is 0 Å². The van der Waals surface area contributed by atoms with E-state index in [-0.39, 0.29) is 6.42 Å². The number of thiophene rings is 1. The minimum Gasteiger partial charge on any atom is -0.308 e. The van der Waals surface area contributed by atoms with E-state index < -0.39 is 18.1 Å². The predicted octanol–water partition coefficient (Wildman–Crippen LogP) is 5.03. The van der Waals surface area contributed by atoms with Gasteiger partial charge in [-0.25, -0.2) is 0 Å². The molecule has 1 aliphatic rings. The molecule has 1 fully saturated rings. The smallest absolute Gasteiger partial charge is 0.308 e. The molecule has 1 nitrogen and oxygen atoms in total. The highest BCUT2D eigenvalue weighted by molar-refractivity contribution is 9.10. The quantitative estimate of drug-likeness (QED) is 0.801. The van der Waals surface area contributed by atoms with E-state index >= 15 is 0 Å². The topological polar surface area (TPSA) is 12.0 Å². The van der Waals surface area contributed by atoms with E-state index in [1.807, 2.05) is 13.0 Å². The predicted molar refractivity (Wildman–Crippen MR) is 75.4 cm³/mol. The average Bonchev–Trinajstić information content (AvgIpc) is 2.65. The van der Waals surface area contributed by atoms with E-state index in [0.29, 0.717) is 19.4 Å². The molecule has 0 saturated heterocycles. The molecule has 6 heteroatoms. The molecule has 108 valence electrons. The van der Waals surface area contributed by atoms with Gasteiger partial charge in [0.1, 0.15) is 0 Å². The molecule has 1 heterocycles. The van der Waals surface area contributed by atoms with Crippen LogP contribution in [-0.4, -0.2) is 12.2 Å². The summed E-state index contributed by atoms with van der Waals surface area (Å²) in [5.74, 6) is -1.19. The number of aryl methyl sites for hydroxylation is 1. The fourth-order valence-electron chi connectivity index (χ4n) is 2.60. The normalized spacial score (nSPS) is 24.7. The van der Waals surface area contributed by atoms with Gasteiger partial charge in [-0.15, -0.1) is 11.3 Å². The van der Waals surface area contributed by atoms with Crippen LogP contribution in [-0.2, 0) is 6.54 Å². The summed E-state index contributed by atoms with van der Waals surface area (Å²) in [6.07, 6.45) is -1.63. The van der Waals surface area contributed by atoms with Crippen molar-refractivity contribution in [1.29, 1.82) is 0 Å². The minimum atomic E-state index is -4.08. The molecule has 0 aromatic carbocycles. The molecule has 1 aromatic heterocycles. The molecule has 2 atom stereocenters. The van der Waals surface area contributed by atoms with Crippen LogP contribution in [0.2, 0.25) is 0 Å². The van der Waals surface area contributed by atoms with Gasteiger partial charge in [0.15, 0.2) is 0 Å². The van der Waals surface area contributed by atoms with Crippen LogP contribution in [0.15, 0.2) is 10.5 Å². The summed E-state index contributed by atoms with van der Waals surface area (Å²) in [6.45, 7) is 2.52. The van der Waals surface area contributed by atoms with Crippen molar-refractivity contribution in [3.05, 3.63) is 20.3 Å². The second kappa shape index (κ2) is 6.14. The van der Waals surface area contributed by atoms with Crippen LogP contribution < -0.4 is 5.32 Å². The van der Waals surface area contributed by atoms with E-state index in [0.717, 1.165) is 20.6 Å². The summed E-state index contributed by atoms with van der Waals surface area (Å²) in [7, 11) is 0. The molecular weight excluding hydrogens is 339 g/mol. The van der Waals surface area contributed by atoms with E-state index in [1.165, 1.54) is 0 Å². The number of hydrogen-bond donors (Lipinski definition) is 1. The first kappa shape index (κ1) is 15.3. The molecule has 0 amide bonds. The summed E-state index contributed by atoms with van der Waals surface area (Å²) in [5.41, 5.74) is 0. The van der Waals surface area contributed by atoms with Gasteiger partial charge in [-0.1, -0.05) is 12.8 Å². The Balaban J connectivity index is 1.96. The van der Waals surface area contributed by atoms with Gasteiger partial charge in [0, 0.05) is 26.8 Å². The highest BCUT2D eigenvalue weighted by Gasteiger charge is 2.45. The van der Waals surface area contributed by atoms with Gasteiger partial charge in [0.25, 0.3) is 0 Å². The van der Waals surface area contributed by atoms with Gasteiger partial charge in [-0.2, -0.15) is 13.2 Å².